The van der Waals surface area contributed by atoms with Crippen LogP contribution < -0.4 is 5.32 Å². The maximum absolute atomic E-state index is 13.2. The highest BCUT2D eigenvalue weighted by Gasteiger charge is 2.32. The van der Waals surface area contributed by atoms with E-state index in [1.165, 1.54) is 6.42 Å². The third-order valence-electron chi connectivity index (χ3n) is 6.09. The molecular weight excluding hydrogens is 416 g/mol. The van der Waals surface area contributed by atoms with E-state index < -0.39 is 6.04 Å². The lowest BCUT2D eigenvalue weighted by Crippen LogP contribution is -2.57. The van der Waals surface area contributed by atoms with Crippen LogP contribution in [0.1, 0.15) is 43.5 Å². The van der Waals surface area contributed by atoms with E-state index in [1.807, 2.05) is 18.7 Å². The second kappa shape index (κ2) is 11.0. The maximum Gasteiger partial charge on any atom is 0.253 e. The quantitative estimate of drug-likeness (QED) is 0.724. The Kier molecular flexibility index (Phi) is 8.32. The molecule has 3 amide bonds. The van der Waals surface area contributed by atoms with E-state index >= 15 is 0 Å². The lowest BCUT2D eigenvalue weighted by atomic mass is 10.0. The molecule has 1 N–H and O–H groups in total. The van der Waals surface area contributed by atoms with E-state index in [-0.39, 0.29) is 23.6 Å². The number of carbonyl (C=O) groups is 3. The van der Waals surface area contributed by atoms with Crippen molar-refractivity contribution in [2.24, 2.45) is 5.92 Å². The van der Waals surface area contributed by atoms with Gasteiger partial charge in [-0.05, 0) is 37.3 Å². The number of hydrogen-bond acceptors (Lipinski definition) is 4. The number of benzene rings is 1. The van der Waals surface area contributed by atoms with Gasteiger partial charge in [0.05, 0.1) is 17.1 Å². The molecule has 2 saturated heterocycles. The zero-order valence-corrected chi connectivity index (χ0v) is 19.2. The Labute approximate surface area is 189 Å². The number of amides is 3. The van der Waals surface area contributed by atoms with Gasteiger partial charge in [-0.1, -0.05) is 37.6 Å². The number of rotatable bonds is 6. The van der Waals surface area contributed by atoms with E-state index in [1.54, 1.807) is 29.2 Å². The fourth-order valence-corrected chi connectivity index (χ4v) is 4.36. The molecule has 2 heterocycles. The van der Waals surface area contributed by atoms with Crippen LogP contribution in [-0.2, 0) is 9.59 Å². The van der Waals surface area contributed by atoms with Crippen LogP contribution in [0.2, 0.25) is 5.02 Å². The molecule has 31 heavy (non-hydrogen) atoms. The second-order valence-corrected chi connectivity index (χ2v) is 9.13. The summed E-state index contributed by atoms with van der Waals surface area (Å²) in [6.07, 6.45) is 3.38. The standard InChI is InChI=1S/C23H33ClN4O3/c1-17(2)21(25-22(30)18-8-4-5-9-19(18)24)23(31)28-14-12-26(13-15-28)16-20(29)27-10-6-3-7-11-27/h4-5,8-9,17,21H,3,6-7,10-16H2,1-2H3,(H,25,30). The summed E-state index contributed by atoms with van der Waals surface area (Å²) in [5.74, 6) is -0.301. The molecule has 0 aromatic heterocycles. The van der Waals surface area contributed by atoms with Crippen molar-refractivity contribution in [2.45, 2.75) is 39.2 Å². The van der Waals surface area contributed by atoms with Crippen molar-refractivity contribution in [1.82, 2.24) is 20.0 Å². The van der Waals surface area contributed by atoms with Crippen molar-refractivity contribution >= 4 is 29.3 Å². The molecule has 2 fully saturated rings. The Morgan fingerprint density at radius 1 is 0.935 bits per heavy atom. The molecule has 0 spiro atoms. The first kappa shape index (κ1) is 23.5. The molecular formula is C23H33ClN4O3. The largest absolute Gasteiger partial charge is 0.342 e. The Balaban J connectivity index is 1.53. The molecule has 1 unspecified atom stereocenters. The van der Waals surface area contributed by atoms with Gasteiger partial charge in [0.2, 0.25) is 11.8 Å². The highest BCUT2D eigenvalue weighted by Crippen LogP contribution is 2.17. The van der Waals surface area contributed by atoms with Gasteiger partial charge in [0.15, 0.2) is 0 Å². The minimum atomic E-state index is -0.620. The first-order valence-corrected chi connectivity index (χ1v) is 11.6. The number of nitrogens with zero attached hydrogens (tertiary/aromatic N) is 3. The van der Waals surface area contributed by atoms with E-state index in [9.17, 15) is 14.4 Å². The minimum Gasteiger partial charge on any atom is -0.342 e. The van der Waals surface area contributed by atoms with Crippen LogP contribution in [0.15, 0.2) is 24.3 Å². The molecule has 8 heteroatoms. The first-order valence-electron chi connectivity index (χ1n) is 11.2. The first-order chi connectivity index (χ1) is 14.9. The molecule has 3 rings (SSSR count). The summed E-state index contributed by atoms with van der Waals surface area (Å²) in [5.41, 5.74) is 0.365. The molecule has 1 aromatic carbocycles. The SMILES string of the molecule is CC(C)C(NC(=O)c1ccccc1Cl)C(=O)N1CCN(CC(=O)N2CCCCC2)CC1. The number of piperidine rings is 1. The average molecular weight is 449 g/mol. The second-order valence-electron chi connectivity index (χ2n) is 8.72. The Morgan fingerprint density at radius 2 is 1.58 bits per heavy atom. The van der Waals surface area contributed by atoms with Crippen LogP contribution in [-0.4, -0.2) is 84.3 Å². The molecule has 0 radical (unpaired) electrons. The topological polar surface area (TPSA) is 73.0 Å². The van der Waals surface area contributed by atoms with Crippen LogP contribution in [0.3, 0.4) is 0 Å². The van der Waals surface area contributed by atoms with Crippen molar-refractivity contribution in [1.29, 1.82) is 0 Å². The molecule has 2 aliphatic heterocycles. The summed E-state index contributed by atoms with van der Waals surface area (Å²) in [6, 6.07) is 6.20. The predicted octanol–water partition coefficient (Wildman–Crippen LogP) is 2.25. The van der Waals surface area contributed by atoms with E-state index in [4.69, 9.17) is 11.6 Å². The van der Waals surface area contributed by atoms with E-state index in [2.05, 4.69) is 10.2 Å². The molecule has 170 valence electrons. The van der Waals surface area contributed by atoms with Crippen molar-refractivity contribution in [3.05, 3.63) is 34.9 Å². The third-order valence-corrected chi connectivity index (χ3v) is 6.42. The summed E-state index contributed by atoms with van der Waals surface area (Å²) >= 11 is 6.13. The Bertz CT molecular complexity index is 787. The third kappa shape index (κ3) is 6.20. The Morgan fingerprint density at radius 3 is 2.19 bits per heavy atom. The molecule has 1 atom stereocenters. The van der Waals surface area contributed by atoms with Crippen LogP contribution in [0.5, 0.6) is 0 Å². The molecule has 2 aliphatic rings. The number of carbonyl (C=O) groups excluding carboxylic acids is 3. The lowest BCUT2D eigenvalue weighted by Gasteiger charge is -2.38. The number of hydrogen-bond donors (Lipinski definition) is 1. The zero-order chi connectivity index (χ0) is 22.4. The number of likely N-dealkylation sites (tertiary alicyclic amines) is 1. The molecule has 0 bridgehead atoms. The van der Waals surface area contributed by atoms with Gasteiger partial charge in [0.1, 0.15) is 6.04 Å². The lowest BCUT2D eigenvalue weighted by molar-refractivity contribution is -0.137. The predicted molar refractivity (Wildman–Crippen MR) is 121 cm³/mol. The molecule has 0 saturated carbocycles. The van der Waals surface area contributed by atoms with Crippen LogP contribution in [0.25, 0.3) is 0 Å². The molecule has 7 nitrogen and oxygen atoms in total. The van der Waals surface area contributed by atoms with Crippen molar-refractivity contribution in [2.75, 3.05) is 45.8 Å². The highest BCUT2D eigenvalue weighted by molar-refractivity contribution is 6.33. The average Bonchev–Trinajstić information content (AvgIpc) is 2.78. The molecule has 0 aliphatic carbocycles. The van der Waals surface area contributed by atoms with Gasteiger partial charge in [-0.3, -0.25) is 19.3 Å². The summed E-state index contributed by atoms with van der Waals surface area (Å²) < 4.78 is 0. The van der Waals surface area contributed by atoms with Crippen molar-refractivity contribution in [3.63, 3.8) is 0 Å². The normalized spacial score (nSPS) is 18.7. The maximum atomic E-state index is 13.2. The zero-order valence-electron chi connectivity index (χ0n) is 18.5. The number of nitrogens with one attached hydrogen (secondary N) is 1. The van der Waals surface area contributed by atoms with Gasteiger partial charge in [-0.15, -0.1) is 0 Å². The van der Waals surface area contributed by atoms with Crippen LogP contribution in [0.4, 0.5) is 0 Å². The minimum absolute atomic E-state index is 0.0577. The number of piperazine rings is 1. The summed E-state index contributed by atoms with van der Waals surface area (Å²) in [6.45, 7) is 8.40. The van der Waals surface area contributed by atoms with E-state index in [0.717, 1.165) is 25.9 Å². The fraction of sp³-hybridized carbons (Fsp3) is 0.609. The molecule has 1 aromatic rings. The smallest absolute Gasteiger partial charge is 0.253 e. The fourth-order valence-electron chi connectivity index (χ4n) is 4.14. The highest BCUT2D eigenvalue weighted by atomic mass is 35.5. The summed E-state index contributed by atoms with van der Waals surface area (Å²) in [5, 5.41) is 3.23. The van der Waals surface area contributed by atoms with Crippen LogP contribution >= 0.6 is 11.6 Å². The van der Waals surface area contributed by atoms with Gasteiger partial charge in [-0.2, -0.15) is 0 Å². The van der Waals surface area contributed by atoms with Gasteiger partial charge in [-0.25, -0.2) is 0 Å². The van der Waals surface area contributed by atoms with E-state index in [0.29, 0.717) is 43.3 Å². The summed E-state index contributed by atoms with van der Waals surface area (Å²) in [7, 11) is 0. The van der Waals surface area contributed by atoms with Crippen molar-refractivity contribution in [3.8, 4) is 0 Å². The van der Waals surface area contributed by atoms with Crippen LogP contribution in [0, 0.1) is 5.92 Å². The Hall–Kier alpha value is -2.12. The van der Waals surface area contributed by atoms with Gasteiger partial charge >= 0.3 is 0 Å². The number of halogens is 1. The van der Waals surface area contributed by atoms with Crippen molar-refractivity contribution < 1.29 is 14.4 Å². The van der Waals surface area contributed by atoms with Gasteiger partial charge in [0.25, 0.3) is 5.91 Å². The van der Waals surface area contributed by atoms with Gasteiger partial charge in [0, 0.05) is 39.3 Å². The monoisotopic (exact) mass is 448 g/mol. The van der Waals surface area contributed by atoms with Gasteiger partial charge < -0.3 is 15.1 Å². The summed E-state index contributed by atoms with van der Waals surface area (Å²) in [4.78, 5) is 44.2.